The molecule has 3 saturated carbocycles. The number of Topliss-reactive ketones (excluding diaryl/α,β-unsaturated/α-hetero) is 1. The monoisotopic (exact) mass is 437 g/mol. The second kappa shape index (κ2) is 6.38. The number of nitrogens with zero attached hydrogens (tertiary/aromatic N) is 1. The summed E-state index contributed by atoms with van der Waals surface area (Å²) in [7, 11) is 0. The molecule has 8 atom stereocenters. The van der Waals surface area contributed by atoms with Crippen LogP contribution in [0.2, 0.25) is 0 Å². The molecule has 4 aliphatic carbocycles. The van der Waals surface area contributed by atoms with Gasteiger partial charge in [0, 0.05) is 29.6 Å². The van der Waals surface area contributed by atoms with E-state index in [1.807, 2.05) is 12.1 Å². The number of allylic oxidation sites excluding steroid dienone is 1. The summed E-state index contributed by atoms with van der Waals surface area (Å²) in [6, 6.07) is 3.72. The van der Waals surface area contributed by atoms with Gasteiger partial charge in [-0.2, -0.15) is 0 Å². The van der Waals surface area contributed by atoms with Crippen LogP contribution in [-0.4, -0.2) is 45.6 Å². The quantitative estimate of drug-likeness (QED) is 0.558. The van der Waals surface area contributed by atoms with Crippen molar-refractivity contribution in [3.05, 3.63) is 54.4 Å². The lowest BCUT2D eigenvalue weighted by molar-refractivity contribution is -0.450. The highest BCUT2D eigenvalue weighted by atomic mass is 16.7. The number of hydrogen-bond acceptors (Lipinski definition) is 6. The maximum Gasteiger partial charge on any atom is 0.211 e. The van der Waals surface area contributed by atoms with Gasteiger partial charge in [0.1, 0.15) is 11.5 Å². The van der Waals surface area contributed by atoms with Crippen LogP contribution >= 0.6 is 0 Å². The van der Waals surface area contributed by atoms with Crippen molar-refractivity contribution < 1.29 is 24.5 Å². The van der Waals surface area contributed by atoms with E-state index in [1.54, 1.807) is 12.4 Å². The van der Waals surface area contributed by atoms with Crippen LogP contribution in [-0.2, 0) is 20.9 Å². The first-order valence-electron chi connectivity index (χ1n) is 11.7. The van der Waals surface area contributed by atoms with E-state index < -0.39 is 28.8 Å². The predicted molar refractivity (Wildman–Crippen MR) is 116 cm³/mol. The molecule has 0 unspecified atom stereocenters. The van der Waals surface area contributed by atoms with Crippen LogP contribution in [0.25, 0.3) is 0 Å². The molecular formula is C26H31NO5. The molecule has 1 aromatic rings. The Bertz CT molecular complexity index is 1020. The first-order chi connectivity index (χ1) is 15.2. The number of carbonyl (C=O) groups excluding carboxylic acids is 1. The van der Waals surface area contributed by atoms with E-state index in [0.717, 1.165) is 24.8 Å². The number of rotatable bonds is 3. The smallest absolute Gasteiger partial charge is 0.211 e. The summed E-state index contributed by atoms with van der Waals surface area (Å²) in [5.74, 6) is -2.47. The van der Waals surface area contributed by atoms with E-state index in [2.05, 4.69) is 37.6 Å². The van der Waals surface area contributed by atoms with E-state index in [1.165, 1.54) is 0 Å². The molecule has 3 heterocycles. The fraction of sp³-hybridized carbons (Fsp3) is 0.615. The van der Waals surface area contributed by atoms with Crippen molar-refractivity contribution in [1.82, 2.24) is 4.98 Å². The zero-order valence-corrected chi connectivity index (χ0v) is 18.7. The van der Waals surface area contributed by atoms with E-state index in [-0.39, 0.29) is 35.6 Å². The SMILES string of the molecule is C=C1C(=O)[C@]23[C@H](O)[C@H]1CC[C@H]2[C@]12C=CCC(C)(C)[C@H]1[C@H](O)[C@@]3(OCc1cccnc1)OC2. The summed E-state index contributed by atoms with van der Waals surface area (Å²) >= 11 is 0. The molecule has 7 rings (SSSR count). The van der Waals surface area contributed by atoms with Gasteiger partial charge in [-0.25, -0.2) is 0 Å². The van der Waals surface area contributed by atoms with E-state index in [0.29, 0.717) is 12.2 Å². The minimum absolute atomic E-state index is 0.131. The van der Waals surface area contributed by atoms with E-state index in [9.17, 15) is 15.0 Å². The summed E-state index contributed by atoms with van der Waals surface area (Å²) in [6.07, 6.45) is 8.01. The fourth-order valence-electron chi connectivity index (χ4n) is 8.30. The third kappa shape index (κ3) is 2.11. The highest BCUT2D eigenvalue weighted by Crippen LogP contribution is 2.76. The topological polar surface area (TPSA) is 88.9 Å². The number of ketones is 1. The van der Waals surface area contributed by atoms with E-state index in [4.69, 9.17) is 9.47 Å². The van der Waals surface area contributed by atoms with Gasteiger partial charge in [0.25, 0.3) is 0 Å². The van der Waals surface area contributed by atoms with Gasteiger partial charge in [-0.3, -0.25) is 9.78 Å². The van der Waals surface area contributed by atoms with Crippen molar-refractivity contribution in [2.45, 2.75) is 57.7 Å². The van der Waals surface area contributed by atoms with Gasteiger partial charge in [0.05, 0.1) is 19.3 Å². The summed E-state index contributed by atoms with van der Waals surface area (Å²) in [6.45, 7) is 8.91. The van der Waals surface area contributed by atoms with Gasteiger partial charge in [-0.05, 0) is 47.8 Å². The molecule has 6 nitrogen and oxygen atoms in total. The van der Waals surface area contributed by atoms with Gasteiger partial charge >= 0.3 is 0 Å². The second-order valence-corrected chi connectivity index (χ2v) is 11.1. The third-order valence-corrected chi connectivity index (χ3v) is 9.41. The van der Waals surface area contributed by atoms with Gasteiger partial charge < -0.3 is 19.7 Å². The molecule has 32 heavy (non-hydrogen) atoms. The standard InChI is InChI=1S/C26H31NO5/c1-15-17-7-8-18-24-10-5-9-23(2,3)19(24)22(30)26(32-14-24,25(18,20(15)28)21(17)29)31-13-16-6-4-11-27-12-16/h4-6,10-12,17-19,21-22,29-30H,1,7-9,13-14H2,2-3H3/t17-,18-,19+,21+,22-,24+,25-,26+/m0/s1. The highest BCUT2D eigenvalue weighted by Gasteiger charge is 2.86. The average Bonchev–Trinajstić information content (AvgIpc) is 2.87. The molecule has 6 heteroatoms. The number of aliphatic hydroxyl groups excluding tert-OH is 2. The Hall–Kier alpha value is -1.86. The van der Waals surface area contributed by atoms with Crippen molar-refractivity contribution >= 4 is 5.78 Å². The average molecular weight is 438 g/mol. The molecule has 6 aliphatic rings. The molecule has 0 aromatic carbocycles. The van der Waals surface area contributed by atoms with Crippen LogP contribution in [0.3, 0.4) is 0 Å². The molecule has 0 radical (unpaired) electrons. The summed E-state index contributed by atoms with van der Waals surface area (Å²) in [5.41, 5.74) is -0.821. The number of hydrogen-bond donors (Lipinski definition) is 2. The minimum atomic E-state index is -1.63. The lowest BCUT2D eigenvalue weighted by Crippen LogP contribution is -2.83. The fourth-order valence-corrected chi connectivity index (χ4v) is 8.30. The molecule has 0 amide bonds. The normalized spacial score (nSPS) is 47.9. The number of fused-ring (bicyclic) bond motifs is 2. The third-order valence-electron chi connectivity index (χ3n) is 9.41. The van der Waals surface area contributed by atoms with Crippen LogP contribution < -0.4 is 0 Å². The Kier molecular flexibility index (Phi) is 4.13. The predicted octanol–water partition coefficient (Wildman–Crippen LogP) is 2.80. The molecular weight excluding hydrogens is 406 g/mol. The largest absolute Gasteiger partial charge is 0.391 e. The molecule has 170 valence electrons. The van der Waals surface area contributed by atoms with Crippen molar-refractivity contribution in [1.29, 1.82) is 0 Å². The lowest BCUT2D eigenvalue weighted by Gasteiger charge is -2.73. The molecule has 2 aliphatic heterocycles. The van der Waals surface area contributed by atoms with Crippen LogP contribution in [0.5, 0.6) is 0 Å². The highest BCUT2D eigenvalue weighted by molar-refractivity contribution is 6.05. The van der Waals surface area contributed by atoms with Crippen LogP contribution in [0.15, 0.2) is 48.8 Å². The van der Waals surface area contributed by atoms with Crippen molar-refractivity contribution in [2.24, 2.45) is 34.0 Å². The van der Waals surface area contributed by atoms with Crippen molar-refractivity contribution in [3.63, 3.8) is 0 Å². The van der Waals surface area contributed by atoms with Gasteiger partial charge in [0.15, 0.2) is 5.78 Å². The van der Waals surface area contributed by atoms with Crippen LogP contribution in [0.4, 0.5) is 0 Å². The second-order valence-electron chi connectivity index (χ2n) is 11.1. The van der Waals surface area contributed by atoms with Crippen molar-refractivity contribution in [3.8, 4) is 0 Å². The van der Waals surface area contributed by atoms with Crippen LogP contribution in [0, 0.1) is 34.0 Å². The number of ether oxygens (including phenoxy) is 2. The summed E-state index contributed by atoms with van der Waals surface area (Å²) < 4.78 is 13.0. The zero-order valence-electron chi connectivity index (χ0n) is 18.7. The molecule has 2 N–H and O–H groups in total. The molecule has 1 aromatic heterocycles. The lowest BCUT2D eigenvalue weighted by atomic mass is 9.37. The van der Waals surface area contributed by atoms with Crippen LogP contribution in [0.1, 0.15) is 38.7 Å². The van der Waals surface area contributed by atoms with Gasteiger partial charge in [0.2, 0.25) is 5.79 Å². The number of aliphatic hydroxyl groups is 2. The number of pyridine rings is 1. The van der Waals surface area contributed by atoms with E-state index >= 15 is 0 Å². The molecule has 2 spiro atoms. The maximum atomic E-state index is 14.0. The Morgan fingerprint density at radius 3 is 2.84 bits per heavy atom. The maximum absolute atomic E-state index is 14.0. The zero-order chi connectivity index (χ0) is 22.5. The van der Waals surface area contributed by atoms with Gasteiger partial charge in [-0.1, -0.05) is 38.6 Å². The Labute approximate surface area is 188 Å². The first kappa shape index (κ1) is 20.7. The molecule has 4 bridgehead atoms. The van der Waals surface area contributed by atoms with Gasteiger partial charge in [-0.15, -0.1) is 0 Å². The summed E-state index contributed by atoms with van der Waals surface area (Å²) in [5, 5.41) is 23.7. The Morgan fingerprint density at radius 1 is 1.28 bits per heavy atom. The molecule has 5 fully saturated rings. The summed E-state index contributed by atoms with van der Waals surface area (Å²) in [4.78, 5) is 18.1. The van der Waals surface area contributed by atoms with Crippen molar-refractivity contribution in [2.75, 3.05) is 6.61 Å². The number of carbonyl (C=O) groups is 1. The Balaban J connectivity index is 1.57. The Morgan fingerprint density at radius 2 is 2.09 bits per heavy atom. The first-order valence-corrected chi connectivity index (χ1v) is 11.7. The minimum Gasteiger partial charge on any atom is -0.391 e. The number of aromatic nitrogens is 1. The molecule has 2 saturated heterocycles.